The number of rotatable bonds is 16. The Hall–Kier alpha value is -2.07. The van der Waals surface area contributed by atoms with E-state index in [0.29, 0.717) is 0 Å². The minimum absolute atomic E-state index is 0.0350. The highest BCUT2D eigenvalue weighted by Crippen LogP contribution is 2.38. The van der Waals surface area contributed by atoms with Crippen LogP contribution in [0.1, 0.15) is 25.7 Å². The van der Waals surface area contributed by atoms with Crippen LogP contribution < -0.4 is 0 Å². The van der Waals surface area contributed by atoms with Gasteiger partial charge in [0, 0.05) is 18.2 Å². The maximum atomic E-state index is 11.6. The average molecular weight is 498 g/mol. The van der Waals surface area contributed by atoms with E-state index in [9.17, 15) is 43.1 Å². The van der Waals surface area contributed by atoms with Crippen molar-refractivity contribution < 1.29 is 57.3 Å². The molecule has 0 aliphatic rings. The summed E-state index contributed by atoms with van der Waals surface area (Å²) in [7, 11) is -9.09. The van der Waals surface area contributed by atoms with Crippen LogP contribution in [0, 0.1) is 0 Å². The van der Waals surface area contributed by atoms with Gasteiger partial charge in [-0.3, -0.25) is 9.13 Å². The van der Waals surface area contributed by atoms with Crippen LogP contribution in [0.5, 0.6) is 0 Å². The van der Waals surface area contributed by atoms with Crippen molar-refractivity contribution in [1.82, 2.24) is 0 Å². The van der Waals surface area contributed by atoms with Crippen LogP contribution in [-0.2, 0) is 37.7 Å². The second kappa shape index (κ2) is 14.2. The zero-order valence-electron chi connectivity index (χ0n) is 17.3. The highest BCUT2D eigenvalue weighted by molar-refractivity contribution is 7.52. The third-order valence-electron chi connectivity index (χ3n) is 3.85. The van der Waals surface area contributed by atoms with Gasteiger partial charge in [0.15, 0.2) is 0 Å². The van der Waals surface area contributed by atoms with E-state index in [1.165, 1.54) is 0 Å². The predicted molar refractivity (Wildman–Crippen MR) is 113 cm³/mol. The smallest absolute Gasteiger partial charge is 0.330 e. The van der Waals surface area contributed by atoms with E-state index < -0.39 is 63.7 Å². The van der Waals surface area contributed by atoms with Gasteiger partial charge in [0.25, 0.3) is 0 Å². The lowest BCUT2D eigenvalue weighted by Gasteiger charge is -2.24. The number of esters is 3. The molecule has 0 saturated heterocycles. The summed E-state index contributed by atoms with van der Waals surface area (Å²) in [6.45, 7) is 9.67. The van der Waals surface area contributed by atoms with Crippen LogP contribution in [0.3, 0.4) is 0 Å². The van der Waals surface area contributed by atoms with Crippen LogP contribution >= 0.6 is 15.2 Å². The molecule has 0 aliphatic carbocycles. The van der Waals surface area contributed by atoms with Gasteiger partial charge in [-0.1, -0.05) is 19.7 Å². The molecule has 32 heavy (non-hydrogen) atoms. The van der Waals surface area contributed by atoms with E-state index in [2.05, 4.69) is 19.7 Å². The van der Waals surface area contributed by atoms with Crippen LogP contribution in [0.4, 0.5) is 0 Å². The van der Waals surface area contributed by atoms with E-state index in [-0.39, 0.29) is 25.7 Å². The summed E-state index contributed by atoms with van der Waals surface area (Å²) in [4.78, 5) is 71.2. The van der Waals surface area contributed by atoms with Gasteiger partial charge in [0.2, 0.25) is 0 Å². The Morgan fingerprint density at radius 3 is 1.12 bits per heavy atom. The molecule has 0 saturated carbocycles. The fraction of sp³-hybridized carbons (Fsp3) is 0.500. The number of hydrogen-bond acceptors (Lipinski definition) is 8. The molecule has 4 N–H and O–H groups in total. The van der Waals surface area contributed by atoms with E-state index in [4.69, 9.17) is 14.2 Å². The van der Waals surface area contributed by atoms with E-state index in [1.54, 1.807) is 0 Å². The second-order valence-electron chi connectivity index (χ2n) is 6.64. The third kappa shape index (κ3) is 15.7. The van der Waals surface area contributed by atoms with Crippen LogP contribution in [-0.4, -0.2) is 68.1 Å². The van der Waals surface area contributed by atoms with Crippen molar-refractivity contribution >= 4 is 33.1 Å². The zero-order valence-corrected chi connectivity index (χ0v) is 19.1. The summed E-state index contributed by atoms with van der Waals surface area (Å²) in [5.41, 5.74) is 0. The lowest BCUT2D eigenvalue weighted by molar-refractivity contribution is -0.148. The van der Waals surface area contributed by atoms with Crippen molar-refractivity contribution in [1.29, 1.82) is 0 Å². The topological polar surface area (TPSA) is 194 Å². The van der Waals surface area contributed by atoms with Crippen molar-refractivity contribution in [2.45, 2.75) is 44.0 Å². The molecule has 0 heterocycles. The quantitative estimate of drug-likeness (QED) is 0.103. The first kappa shape index (κ1) is 29.9. The molecule has 2 atom stereocenters. The summed E-state index contributed by atoms with van der Waals surface area (Å²) in [6, 6.07) is 0. The van der Waals surface area contributed by atoms with Crippen molar-refractivity contribution in [3.63, 3.8) is 0 Å². The largest absolute Gasteiger partial charge is 0.459 e. The summed E-state index contributed by atoms with van der Waals surface area (Å²) in [6.07, 6.45) is -2.67. The molecule has 14 heteroatoms. The normalized spacial score (nSPS) is 14.4. The maximum Gasteiger partial charge on any atom is 0.330 e. The Morgan fingerprint density at radius 2 is 0.875 bits per heavy atom. The highest BCUT2D eigenvalue weighted by Gasteiger charge is 2.28. The molecule has 182 valence electrons. The fourth-order valence-corrected chi connectivity index (χ4v) is 4.12. The molecular weight excluding hydrogens is 470 g/mol. The Labute approximate surface area is 185 Å². The first-order valence-electron chi connectivity index (χ1n) is 9.27. The first-order valence-corrected chi connectivity index (χ1v) is 12.9. The van der Waals surface area contributed by atoms with Crippen molar-refractivity contribution in [2.24, 2.45) is 0 Å². The minimum Gasteiger partial charge on any atom is -0.459 e. The maximum absolute atomic E-state index is 11.6. The lowest BCUT2D eigenvalue weighted by atomic mass is 10.0. The van der Waals surface area contributed by atoms with Gasteiger partial charge in [-0.15, -0.1) is 0 Å². The summed E-state index contributed by atoms with van der Waals surface area (Å²) < 4.78 is 37.6. The molecule has 0 aromatic heterocycles. The van der Waals surface area contributed by atoms with Crippen molar-refractivity contribution in [3.8, 4) is 0 Å². The van der Waals surface area contributed by atoms with Gasteiger partial charge >= 0.3 is 33.1 Å². The standard InChI is InChI=1S/C18H28O12P2/c1-4-16(19)28-13(7-9-14(11-31(22,23)24)29-17(20)5-2)8-10-15(12-32(25,26)27)30-18(21)6-3/h4-6,13-15H,1-3,7-12H2,(H2,22,23,24)(H2,25,26,27). The molecule has 0 fully saturated rings. The van der Waals surface area contributed by atoms with Gasteiger partial charge in [-0.25, -0.2) is 14.4 Å². The minimum atomic E-state index is -4.54. The number of carbonyl (C=O) groups excluding carboxylic acids is 3. The number of ether oxygens (including phenoxy) is 3. The molecule has 0 rings (SSSR count). The average Bonchev–Trinajstić information content (AvgIpc) is 2.66. The van der Waals surface area contributed by atoms with Gasteiger partial charge in [0.1, 0.15) is 18.3 Å². The van der Waals surface area contributed by atoms with Gasteiger partial charge in [-0.2, -0.15) is 0 Å². The predicted octanol–water partition coefficient (Wildman–Crippen LogP) is 1.20. The van der Waals surface area contributed by atoms with E-state index in [0.717, 1.165) is 18.2 Å². The van der Waals surface area contributed by atoms with Crippen LogP contribution in [0.15, 0.2) is 38.0 Å². The van der Waals surface area contributed by atoms with Crippen molar-refractivity contribution in [3.05, 3.63) is 38.0 Å². The lowest BCUT2D eigenvalue weighted by Crippen LogP contribution is -2.27. The van der Waals surface area contributed by atoms with E-state index >= 15 is 0 Å². The summed E-state index contributed by atoms with van der Waals surface area (Å²) in [5, 5.41) is 0. The zero-order chi connectivity index (χ0) is 24.9. The molecule has 0 aromatic carbocycles. The monoisotopic (exact) mass is 498 g/mol. The first-order chi connectivity index (χ1) is 14.7. The third-order valence-corrected chi connectivity index (χ3v) is 5.62. The van der Waals surface area contributed by atoms with Gasteiger partial charge in [0.05, 0.1) is 12.3 Å². The van der Waals surface area contributed by atoms with Crippen LogP contribution in [0.25, 0.3) is 0 Å². The second-order valence-corrected chi connectivity index (χ2v) is 10.0. The summed E-state index contributed by atoms with van der Waals surface area (Å²) >= 11 is 0. The Kier molecular flexibility index (Phi) is 13.2. The van der Waals surface area contributed by atoms with Gasteiger partial charge in [-0.05, 0) is 25.7 Å². The summed E-state index contributed by atoms with van der Waals surface area (Å²) in [5.74, 6) is -2.62. The molecule has 12 nitrogen and oxygen atoms in total. The molecule has 0 amide bonds. The molecule has 0 bridgehead atoms. The van der Waals surface area contributed by atoms with E-state index in [1.807, 2.05) is 0 Å². The molecular formula is C18H28O12P2. The molecule has 0 aromatic rings. The van der Waals surface area contributed by atoms with Crippen molar-refractivity contribution in [2.75, 3.05) is 12.3 Å². The number of hydrogen-bond donors (Lipinski definition) is 4. The SMILES string of the molecule is C=CC(=O)OC(CCC(CP(=O)(O)O)OC(=O)C=C)CCC(CP(=O)(O)O)OC(=O)C=C. The fourth-order valence-electron chi connectivity index (χ4n) is 2.55. The Balaban J connectivity index is 5.33. The van der Waals surface area contributed by atoms with Gasteiger partial charge < -0.3 is 33.8 Å². The molecule has 0 radical (unpaired) electrons. The Morgan fingerprint density at radius 1 is 0.625 bits per heavy atom. The molecule has 0 spiro atoms. The Bertz CT molecular complexity index is 727. The number of carbonyl (C=O) groups is 3. The highest BCUT2D eigenvalue weighted by atomic mass is 31.2. The molecule has 0 aliphatic heterocycles. The van der Waals surface area contributed by atoms with Crippen LogP contribution in [0.2, 0.25) is 0 Å². The molecule has 2 unspecified atom stereocenters.